The summed E-state index contributed by atoms with van der Waals surface area (Å²) in [6.45, 7) is 1.29. The predicted octanol–water partition coefficient (Wildman–Crippen LogP) is 4.15. The van der Waals surface area contributed by atoms with Crippen LogP contribution in [-0.2, 0) is 4.79 Å². The number of ether oxygens (including phenoxy) is 1. The second-order valence-electron chi connectivity index (χ2n) is 4.05. The lowest BCUT2D eigenvalue weighted by molar-refractivity contribution is -0.131. The molecule has 0 heterocycles. The van der Waals surface area contributed by atoms with Crippen molar-refractivity contribution in [3.63, 3.8) is 0 Å². The molecular formula is C15H10Cl2O3. The number of benzene rings is 2. The summed E-state index contributed by atoms with van der Waals surface area (Å²) in [6.07, 6.45) is 0. The van der Waals surface area contributed by atoms with Crippen LogP contribution in [0.3, 0.4) is 0 Å². The van der Waals surface area contributed by atoms with Crippen LogP contribution < -0.4 is 4.74 Å². The number of ketones is 1. The van der Waals surface area contributed by atoms with Gasteiger partial charge in [0, 0.05) is 12.5 Å². The maximum atomic E-state index is 12.4. The molecule has 0 fully saturated rings. The van der Waals surface area contributed by atoms with Gasteiger partial charge in [0.1, 0.15) is 5.75 Å². The highest BCUT2D eigenvalue weighted by atomic mass is 35.5. The van der Waals surface area contributed by atoms with E-state index in [1.807, 2.05) is 0 Å². The Morgan fingerprint density at radius 2 is 1.60 bits per heavy atom. The topological polar surface area (TPSA) is 43.4 Å². The quantitative estimate of drug-likeness (QED) is 0.486. The van der Waals surface area contributed by atoms with Crippen molar-refractivity contribution in [1.29, 1.82) is 0 Å². The molecule has 0 N–H and O–H groups in total. The molecule has 0 aliphatic heterocycles. The van der Waals surface area contributed by atoms with E-state index >= 15 is 0 Å². The first-order valence-electron chi connectivity index (χ1n) is 5.76. The number of carbonyl (C=O) groups excluding carboxylic acids is 2. The Kier molecular flexibility index (Phi) is 4.42. The zero-order valence-corrected chi connectivity index (χ0v) is 12.0. The molecule has 0 spiro atoms. The van der Waals surface area contributed by atoms with Crippen molar-refractivity contribution in [2.75, 3.05) is 0 Å². The summed E-state index contributed by atoms with van der Waals surface area (Å²) in [4.78, 5) is 23.3. The standard InChI is InChI=1S/C15H10Cl2O3/c1-9(18)20-11-5-2-4-10(8-11)15(19)14-12(16)6-3-7-13(14)17/h2-8H,1H3. The van der Waals surface area contributed by atoms with Crippen LogP contribution in [0, 0.1) is 0 Å². The van der Waals surface area contributed by atoms with E-state index in [4.69, 9.17) is 27.9 Å². The Balaban J connectivity index is 2.41. The molecule has 0 saturated carbocycles. The molecule has 0 unspecified atom stereocenters. The van der Waals surface area contributed by atoms with Crippen LogP contribution in [0.5, 0.6) is 5.75 Å². The lowest BCUT2D eigenvalue weighted by atomic mass is 10.0. The first-order chi connectivity index (χ1) is 9.49. The van der Waals surface area contributed by atoms with E-state index in [9.17, 15) is 9.59 Å². The third-order valence-electron chi connectivity index (χ3n) is 2.55. The molecule has 0 atom stereocenters. The van der Waals surface area contributed by atoms with Crippen molar-refractivity contribution < 1.29 is 14.3 Å². The summed E-state index contributed by atoms with van der Waals surface area (Å²) in [6, 6.07) is 11.1. The molecule has 2 aromatic rings. The molecule has 2 aromatic carbocycles. The minimum absolute atomic E-state index is 0.232. The van der Waals surface area contributed by atoms with E-state index in [-0.39, 0.29) is 21.4 Å². The molecule has 0 bridgehead atoms. The molecule has 0 aromatic heterocycles. The summed E-state index contributed by atoms with van der Waals surface area (Å²) in [5.41, 5.74) is 0.578. The van der Waals surface area contributed by atoms with Crippen LogP contribution in [0.4, 0.5) is 0 Å². The van der Waals surface area contributed by atoms with Crippen molar-refractivity contribution in [2.45, 2.75) is 6.92 Å². The summed E-state index contributed by atoms with van der Waals surface area (Å²) >= 11 is 12.0. The van der Waals surface area contributed by atoms with Gasteiger partial charge in [-0.3, -0.25) is 9.59 Å². The van der Waals surface area contributed by atoms with Crippen molar-refractivity contribution in [2.24, 2.45) is 0 Å². The lowest BCUT2D eigenvalue weighted by Crippen LogP contribution is -2.05. The first kappa shape index (κ1) is 14.6. The lowest BCUT2D eigenvalue weighted by Gasteiger charge is -2.07. The van der Waals surface area contributed by atoms with Gasteiger partial charge in [-0.25, -0.2) is 0 Å². The van der Waals surface area contributed by atoms with Gasteiger partial charge in [-0.15, -0.1) is 0 Å². The van der Waals surface area contributed by atoms with Gasteiger partial charge in [0.15, 0.2) is 5.78 Å². The van der Waals surface area contributed by atoms with Gasteiger partial charge in [0.2, 0.25) is 0 Å². The number of hydrogen-bond acceptors (Lipinski definition) is 3. The van der Waals surface area contributed by atoms with Crippen molar-refractivity contribution in [3.05, 3.63) is 63.6 Å². The van der Waals surface area contributed by atoms with Crippen LogP contribution >= 0.6 is 23.2 Å². The van der Waals surface area contributed by atoms with Gasteiger partial charge in [0.05, 0.1) is 15.6 Å². The number of esters is 1. The normalized spacial score (nSPS) is 10.2. The molecule has 0 aliphatic carbocycles. The third-order valence-corrected chi connectivity index (χ3v) is 3.18. The fourth-order valence-corrected chi connectivity index (χ4v) is 2.29. The Morgan fingerprint density at radius 3 is 2.20 bits per heavy atom. The minimum Gasteiger partial charge on any atom is -0.427 e. The molecule has 20 heavy (non-hydrogen) atoms. The summed E-state index contributed by atoms with van der Waals surface area (Å²) in [5.74, 6) is -0.480. The van der Waals surface area contributed by atoms with Crippen LogP contribution in [-0.4, -0.2) is 11.8 Å². The average molecular weight is 309 g/mol. The van der Waals surface area contributed by atoms with Crippen LogP contribution in [0.15, 0.2) is 42.5 Å². The van der Waals surface area contributed by atoms with Gasteiger partial charge in [-0.05, 0) is 24.3 Å². The maximum Gasteiger partial charge on any atom is 0.308 e. The smallest absolute Gasteiger partial charge is 0.308 e. The fourth-order valence-electron chi connectivity index (χ4n) is 1.73. The van der Waals surface area contributed by atoms with Crippen molar-refractivity contribution in [1.82, 2.24) is 0 Å². The molecular weight excluding hydrogens is 299 g/mol. The molecule has 0 radical (unpaired) electrons. The minimum atomic E-state index is -0.453. The molecule has 2 rings (SSSR count). The first-order valence-corrected chi connectivity index (χ1v) is 6.52. The van der Waals surface area contributed by atoms with Gasteiger partial charge in [0.25, 0.3) is 0 Å². The summed E-state index contributed by atoms with van der Waals surface area (Å²) in [7, 11) is 0. The predicted molar refractivity (Wildman–Crippen MR) is 77.6 cm³/mol. The Morgan fingerprint density at radius 1 is 1.00 bits per heavy atom. The second-order valence-corrected chi connectivity index (χ2v) is 4.86. The number of carbonyl (C=O) groups is 2. The van der Waals surface area contributed by atoms with Crippen LogP contribution in [0.1, 0.15) is 22.8 Å². The van der Waals surface area contributed by atoms with E-state index < -0.39 is 5.97 Å². The zero-order chi connectivity index (χ0) is 14.7. The Bertz CT molecular complexity index is 660. The van der Waals surface area contributed by atoms with E-state index in [2.05, 4.69) is 0 Å². The Labute approximate surface area is 126 Å². The second kappa shape index (κ2) is 6.07. The third kappa shape index (κ3) is 3.18. The molecule has 5 heteroatoms. The Hall–Kier alpha value is -1.84. The highest BCUT2D eigenvalue weighted by Gasteiger charge is 2.17. The molecule has 0 aliphatic rings. The maximum absolute atomic E-state index is 12.4. The van der Waals surface area contributed by atoms with Crippen molar-refractivity contribution >= 4 is 35.0 Å². The molecule has 0 amide bonds. The monoisotopic (exact) mass is 308 g/mol. The number of hydrogen-bond donors (Lipinski definition) is 0. The molecule has 3 nitrogen and oxygen atoms in total. The van der Waals surface area contributed by atoms with E-state index in [0.717, 1.165) is 0 Å². The van der Waals surface area contributed by atoms with Gasteiger partial charge >= 0.3 is 5.97 Å². The van der Waals surface area contributed by atoms with E-state index in [1.54, 1.807) is 36.4 Å². The van der Waals surface area contributed by atoms with Gasteiger partial charge < -0.3 is 4.74 Å². The molecule has 102 valence electrons. The average Bonchev–Trinajstić information content (AvgIpc) is 2.38. The highest BCUT2D eigenvalue weighted by Crippen LogP contribution is 2.27. The largest absolute Gasteiger partial charge is 0.427 e. The van der Waals surface area contributed by atoms with Crippen LogP contribution in [0.25, 0.3) is 0 Å². The van der Waals surface area contributed by atoms with E-state index in [1.165, 1.54) is 13.0 Å². The van der Waals surface area contributed by atoms with E-state index in [0.29, 0.717) is 11.3 Å². The summed E-state index contributed by atoms with van der Waals surface area (Å²) < 4.78 is 4.94. The summed E-state index contributed by atoms with van der Waals surface area (Å²) in [5, 5.41) is 0.556. The number of halogens is 2. The highest BCUT2D eigenvalue weighted by molar-refractivity contribution is 6.41. The van der Waals surface area contributed by atoms with Gasteiger partial charge in [-0.1, -0.05) is 41.4 Å². The number of rotatable bonds is 3. The SMILES string of the molecule is CC(=O)Oc1cccc(C(=O)c2c(Cl)cccc2Cl)c1. The van der Waals surface area contributed by atoms with Crippen LogP contribution in [0.2, 0.25) is 10.0 Å². The fraction of sp³-hybridized carbons (Fsp3) is 0.0667. The molecule has 0 saturated heterocycles. The van der Waals surface area contributed by atoms with Gasteiger partial charge in [-0.2, -0.15) is 0 Å². The zero-order valence-electron chi connectivity index (χ0n) is 10.5. The van der Waals surface area contributed by atoms with Crippen molar-refractivity contribution in [3.8, 4) is 5.75 Å².